The highest BCUT2D eigenvalue weighted by atomic mass is 32.2. The molecule has 3 rings (SSSR count). The van der Waals surface area contributed by atoms with Crippen LogP contribution in [0.2, 0.25) is 0 Å². The largest absolute Gasteiger partial charge is 0.313 e. The summed E-state index contributed by atoms with van der Waals surface area (Å²) in [6.45, 7) is 5.51. The van der Waals surface area contributed by atoms with Gasteiger partial charge in [0.15, 0.2) is 5.84 Å². The minimum absolute atomic E-state index is 0.0362. The van der Waals surface area contributed by atoms with Crippen LogP contribution in [-0.4, -0.2) is 55.7 Å². The third-order valence-corrected chi connectivity index (χ3v) is 6.71. The number of amides is 1. The van der Waals surface area contributed by atoms with Gasteiger partial charge >= 0.3 is 0 Å². The molecule has 4 N–H and O–H groups in total. The molecule has 0 spiro atoms. The number of carbonyl (C=O) groups is 1. The second-order valence-corrected chi connectivity index (χ2v) is 9.67. The Morgan fingerprint density at radius 1 is 1.23 bits per heavy atom. The van der Waals surface area contributed by atoms with Crippen molar-refractivity contribution >= 4 is 45.7 Å². The zero-order chi connectivity index (χ0) is 25.6. The number of benzene rings is 1. The summed E-state index contributed by atoms with van der Waals surface area (Å²) in [5.74, 6) is -0.193. The zero-order valence-electron chi connectivity index (χ0n) is 19.4. The molecule has 1 aromatic carbocycles. The maximum absolute atomic E-state index is 12.5. The zero-order valence-corrected chi connectivity index (χ0v) is 20.3. The first-order chi connectivity index (χ1) is 16.7. The molecule has 1 saturated carbocycles. The number of hydrogen-bond acceptors (Lipinski definition) is 7. The molecule has 1 aliphatic carbocycles. The number of aliphatic imine (C=N–C) groups is 1. The van der Waals surface area contributed by atoms with Crippen LogP contribution in [0.15, 0.2) is 70.7 Å². The summed E-state index contributed by atoms with van der Waals surface area (Å²) in [6.07, 6.45) is 6.11. The SMILES string of the molecule is C=C(/N=C\C=C(/C)c1ccc(S(=O)(=O)NC)cc1)C(=O)Nc1cccc(C(=N)N(C=N)C2CC2)n1. The number of nitrogens with one attached hydrogen (secondary N) is 4. The van der Waals surface area contributed by atoms with E-state index in [0.29, 0.717) is 5.69 Å². The van der Waals surface area contributed by atoms with E-state index in [1.54, 1.807) is 41.3 Å². The van der Waals surface area contributed by atoms with Crippen molar-refractivity contribution in [1.82, 2.24) is 14.6 Å². The van der Waals surface area contributed by atoms with Crippen LogP contribution in [0, 0.1) is 10.8 Å². The Hall–Kier alpha value is -3.96. The van der Waals surface area contributed by atoms with E-state index in [2.05, 4.69) is 26.6 Å². The molecule has 0 unspecified atom stereocenters. The minimum atomic E-state index is -3.50. The molecule has 0 saturated heterocycles. The molecule has 35 heavy (non-hydrogen) atoms. The Morgan fingerprint density at radius 2 is 1.91 bits per heavy atom. The number of carbonyl (C=O) groups excluding carboxylic acids is 1. The highest BCUT2D eigenvalue weighted by Gasteiger charge is 2.30. The van der Waals surface area contributed by atoms with E-state index >= 15 is 0 Å². The van der Waals surface area contributed by atoms with Gasteiger partial charge in [0.1, 0.15) is 17.2 Å². The molecule has 0 bridgehead atoms. The first kappa shape index (κ1) is 25.7. The van der Waals surface area contributed by atoms with Crippen molar-refractivity contribution in [3.63, 3.8) is 0 Å². The Labute approximate surface area is 204 Å². The normalized spacial score (nSPS) is 13.9. The van der Waals surface area contributed by atoms with Gasteiger partial charge in [-0.1, -0.05) is 24.8 Å². The third kappa shape index (κ3) is 6.55. The number of rotatable bonds is 10. The molecular formula is C24H27N7O3S. The molecule has 2 aromatic rings. The lowest BCUT2D eigenvalue weighted by Crippen LogP contribution is -2.32. The Kier molecular flexibility index (Phi) is 8.05. The first-order valence-electron chi connectivity index (χ1n) is 10.8. The van der Waals surface area contributed by atoms with Gasteiger partial charge in [-0.25, -0.2) is 18.1 Å². The van der Waals surface area contributed by atoms with Crippen molar-refractivity contribution in [3.8, 4) is 0 Å². The fourth-order valence-corrected chi connectivity index (χ4v) is 3.80. The van der Waals surface area contributed by atoms with Crippen LogP contribution in [0.4, 0.5) is 5.82 Å². The summed E-state index contributed by atoms with van der Waals surface area (Å²) in [6, 6.07) is 11.5. The number of anilines is 1. The van der Waals surface area contributed by atoms with Gasteiger partial charge in [-0.15, -0.1) is 0 Å². The highest BCUT2D eigenvalue weighted by Crippen LogP contribution is 2.27. The van der Waals surface area contributed by atoms with Gasteiger partial charge in [0.25, 0.3) is 5.91 Å². The van der Waals surface area contributed by atoms with Crippen LogP contribution in [0.25, 0.3) is 5.57 Å². The van der Waals surface area contributed by atoms with Crippen LogP contribution in [0.3, 0.4) is 0 Å². The van der Waals surface area contributed by atoms with E-state index in [9.17, 15) is 13.2 Å². The molecule has 10 nitrogen and oxygen atoms in total. The topological polar surface area (TPSA) is 151 Å². The molecule has 1 heterocycles. The summed E-state index contributed by atoms with van der Waals surface area (Å²) in [4.78, 5) is 22.5. The summed E-state index contributed by atoms with van der Waals surface area (Å²) >= 11 is 0. The number of hydrogen-bond donors (Lipinski definition) is 4. The number of sulfonamides is 1. The van der Waals surface area contributed by atoms with Crippen molar-refractivity contribution in [3.05, 3.63) is 72.1 Å². The van der Waals surface area contributed by atoms with Gasteiger partial charge in [0.2, 0.25) is 10.0 Å². The summed E-state index contributed by atoms with van der Waals surface area (Å²) in [7, 11) is -2.15. The molecule has 0 atom stereocenters. The minimum Gasteiger partial charge on any atom is -0.313 e. The van der Waals surface area contributed by atoms with Crippen molar-refractivity contribution in [2.75, 3.05) is 12.4 Å². The molecule has 0 radical (unpaired) electrons. The van der Waals surface area contributed by atoms with Gasteiger partial charge in [-0.2, -0.15) is 0 Å². The van der Waals surface area contributed by atoms with Crippen molar-refractivity contribution in [1.29, 1.82) is 10.8 Å². The molecular weight excluding hydrogens is 466 g/mol. The predicted octanol–water partition coefficient (Wildman–Crippen LogP) is 3.01. The van der Waals surface area contributed by atoms with E-state index in [-0.39, 0.29) is 28.3 Å². The van der Waals surface area contributed by atoms with Gasteiger partial charge in [-0.05, 0) is 68.3 Å². The Bertz CT molecular complexity index is 1310. The molecule has 0 aliphatic heterocycles. The van der Waals surface area contributed by atoms with Crippen LogP contribution in [-0.2, 0) is 14.8 Å². The fourth-order valence-electron chi connectivity index (χ4n) is 3.07. The van der Waals surface area contributed by atoms with Crippen LogP contribution in [0.1, 0.15) is 31.0 Å². The summed E-state index contributed by atoms with van der Waals surface area (Å²) in [5, 5.41) is 18.4. The van der Waals surface area contributed by atoms with E-state index in [1.807, 2.05) is 6.92 Å². The molecule has 1 fully saturated rings. The standard InChI is InChI=1S/C24H27N7O3S/c1-16(18-7-11-20(12-8-18)35(33,34)27-3)13-14-28-17(2)24(32)30-22-6-4-5-21(29-22)23(26)31(15-25)19-9-10-19/h4-8,11-15,19,25-27H,2,9-10H2,1,3H3,(H,29,30,32)/b16-13+,25-15?,26-23?,28-14-. The van der Waals surface area contributed by atoms with Crippen molar-refractivity contribution in [2.45, 2.75) is 30.7 Å². The van der Waals surface area contributed by atoms with E-state index in [1.165, 1.54) is 25.4 Å². The van der Waals surface area contributed by atoms with Crippen LogP contribution >= 0.6 is 0 Å². The molecule has 1 aliphatic rings. The number of allylic oxidation sites excluding steroid dienone is 2. The second-order valence-electron chi connectivity index (χ2n) is 7.78. The van der Waals surface area contributed by atoms with Gasteiger partial charge < -0.3 is 10.2 Å². The molecule has 1 aromatic heterocycles. The third-order valence-electron chi connectivity index (χ3n) is 5.28. The average molecular weight is 494 g/mol. The summed E-state index contributed by atoms with van der Waals surface area (Å²) in [5.41, 5.74) is 1.93. The van der Waals surface area contributed by atoms with Gasteiger partial charge in [-0.3, -0.25) is 20.6 Å². The van der Waals surface area contributed by atoms with Gasteiger partial charge in [0.05, 0.1) is 11.2 Å². The van der Waals surface area contributed by atoms with Gasteiger partial charge in [0, 0.05) is 12.3 Å². The van der Waals surface area contributed by atoms with Crippen LogP contribution < -0.4 is 10.0 Å². The number of pyridine rings is 1. The molecule has 1 amide bonds. The summed E-state index contributed by atoms with van der Waals surface area (Å²) < 4.78 is 25.9. The van der Waals surface area contributed by atoms with Crippen LogP contribution in [0.5, 0.6) is 0 Å². The maximum Gasteiger partial charge on any atom is 0.274 e. The monoisotopic (exact) mass is 493 g/mol. The molecule has 11 heteroatoms. The average Bonchev–Trinajstić information content (AvgIpc) is 3.69. The predicted molar refractivity (Wildman–Crippen MR) is 137 cm³/mol. The lowest BCUT2D eigenvalue weighted by molar-refractivity contribution is -0.112. The first-order valence-corrected chi connectivity index (χ1v) is 12.2. The molecule has 182 valence electrons. The second kappa shape index (κ2) is 11.0. The fraction of sp³-hybridized carbons (Fsp3) is 0.208. The van der Waals surface area contributed by atoms with E-state index < -0.39 is 15.9 Å². The van der Waals surface area contributed by atoms with Crippen molar-refractivity contribution < 1.29 is 13.2 Å². The lowest BCUT2D eigenvalue weighted by Gasteiger charge is -2.18. The van der Waals surface area contributed by atoms with E-state index in [4.69, 9.17) is 10.8 Å². The maximum atomic E-state index is 12.5. The number of nitrogens with zero attached hydrogens (tertiary/aromatic N) is 3. The van der Waals surface area contributed by atoms with E-state index in [0.717, 1.165) is 30.3 Å². The number of amidine groups is 1. The quantitative estimate of drug-likeness (QED) is 0.228. The number of aromatic nitrogens is 1. The highest BCUT2D eigenvalue weighted by molar-refractivity contribution is 7.89. The van der Waals surface area contributed by atoms with Crippen molar-refractivity contribution in [2.24, 2.45) is 4.99 Å². The Morgan fingerprint density at radius 3 is 2.51 bits per heavy atom. The Balaban J connectivity index is 1.61. The smallest absolute Gasteiger partial charge is 0.274 e. The lowest BCUT2D eigenvalue weighted by atomic mass is 10.1.